The van der Waals surface area contributed by atoms with Crippen LogP contribution in [0.2, 0.25) is 0 Å². The van der Waals surface area contributed by atoms with Gasteiger partial charge in [0.25, 0.3) is 0 Å². The van der Waals surface area contributed by atoms with Gasteiger partial charge >= 0.3 is 6.18 Å². The Bertz CT molecular complexity index is 302. The fraction of sp³-hybridized carbons (Fsp3) is 0.625. The Hall–Kier alpha value is -1.24. The van der Waals surface area contributed by atoms with Crippen molar-refractivity contribution in [2.45, 2.75) is 19.6 Å². The van der Waals surface area contributed by atoms with Crippen molar-refractivity contribution in [3.63, 3.8) is 0 Å². The lowest BCUT2D eigenvalue weighted by Crippen LogP contribution is -2.19. The van der Waals surface area contributed by atoms with Gasteiger partial charge < -0.3 is 10.5 Å². The van der Waals surface area contributed by atoms with E-state index < -0.39 is 12.8 Å². The van der Waals surface area contributed by atoms with Crippen molar-refractivity contribution in [3.8, 4) is 0 Å². The Morgan fingerprint density at radius 2 is 2.20 bits per heavy atom. The molecule has 0 saturated carbocycles. The smallest absolute Gasteiger partial charge is 0.396 e. The Morgan fingerprint density at radius 1 is 1.53 bits per heavy atom. The van der Waals surface area contributed by atoms with Gasteiger partial charge in [-0.25, -0.2) is 0 Å². The summed E-state index contributed by atoms with van der Waals surface area (Å²) >= 11 is 0. The molecule has 0 aliphatic carbocycles. The summed E-state index contributed by atoms with van der Waals surface area (Å²) < 4.78 is 40.9. The number of aryl methyl sites for hydroxylation is 1. The zero-order chi connectivity index (χ0) is 11.5. The van der Waals surface area contributed by atoms with Crippen molar-refractivity contribution < 1.29 is 17.9 Å². The minimum Gasteiger partial charge on any atom is -0.396 e. The highest BCUT2D eigenvalue weighted by Crippen LogP contribution is 2.14. The van der Waals surface area contributed by atoms with Crippen LogP contribution in [0.3, 0.4) is 0 Å². The van der Waals surface area contributed by atoms with Gasteiger partial charge in [0.05, 0.1) is 24.5 Å². The van der Waals surface area contributed by atoms with Crippen LogP contribution < -0.4 is 5.73 Å². The van der Waals surface area contributed by atoms with Gasteiger partial charge in [0.15, 0.2) is 0 Å². The molecule has 0 amide bonds. The molecule has 0 aliphatic heterocycles. The van der Waals surface area contributed by atoms with E-state index in [1.54, 1.807) is 13.1 Å². The van der Waals surface area contributed by atoms with E-state index in [9.17, 15) is 13.2 Å². The SMILES string of the molecule is Cc1nn(CCOCC(F)(F)F)cc1N. The first-order valence-corrected chi connectivity index (χ1v) is 4.32. The molecule has 0 atom stereocenters. The van der Waals surface area contributed by atoms with Crippen molar-refractivity contribution in [2.24, 2.45) is 0 Å². The Kier molecular flexibility index (Phi) is 3.57. The van der Waals surface area contributed by atoms with Gasteiger partial charge in [0, 0.05) is 6.20 Å². The van der Waals surface area contributed by atoms with E-state index in [4.69, 9.17) is 5.73 Å². The molecule has 0 unspecified atom stereocenters. The van der Waals surface area contributed by atoms with Gasteiger partial charge in [-0.2, -0.15) is 18.3 Å². The number of rotatable bonds is 4. The van der Waals surface area contributed by atoms with E-state index in [1.807, 2.05) is 0 Å². The minimum absolute atomic E-state index is 0.0416. The standard InChI is InChI=1S/C8H12F3N3O/c1-6-7(12)4-14(13-6)2-3-15-5-8(9,10)11/h4H,2-3,5,12H2,1H3. The van der Waals surface area contributed by atoms with Crippen LogP contribution in [0.25, 0.3) is 0 Å². The molecule has 0 radical (unpaired) electrons. The second-order valence-electron chi connectivity index (χ2n) is 3.10. The molecule has 86 valence electrons. The van der Waals surface area contributed by atoms with Crippen molar-refractivity contribution in [1.82, 2.24) is 9.78 Å². The number of hydrogen-bond donors (Lipinski definition) is 1. The molecule has 0 saturated heterocycles. The summed E-state index contributed by atoms with van der Waals surface area (Å²) in [5.41, 5.74) is 6.69. The van der Waals surface area contributed by atoms with Crippen molar-refractivity contribution >= 4 is 5.69 Å². The van der Waals surface area contributed by atoms with Crippen LogP contribution in [-0.4, -0.2) is 29.2 Å². The van der Waals surface area contributed by atoms with Crippen LogP contribution in [0.4, 0.5) is 18.9 Å². The van der Waals surface area contributed by atoms with E-state index in [0.717, 1.165) is 0 Å². The normalized spacial score (nSPS) is 12.0. The molecule has 15 heavy (non-hydrogen) atoms. The highest BCUT2D eigenvalue weighted by molar-refractivity contribution is 5.39. The van der Waals surface area contributed by atoms with Crippen LogP contribution in [0, 0.1) is 6.92 Å². The first kappa shape index (κ1) is 11.8. The number of nitrogens with zero attached hydrogens (tertiary/aromatic N) is 2. The summed E-state index contributed by atoms with van der Waals surface area (Å²) in [7, 11) is 0. The summed E-state index contributed by atoms with van der Waals surface area (Å²) in [5, 5.41) is 3.97. The maximum Gasteiger partial charge on any atom is 0.411 e. The van der Waals surface area contributed by atoms with E-state index in [1.165, 1.54) is 4.68 Å². The van der Waals surface area contributed by atoms with Gasteiger partial charge in [0.2, 0.25) is 0 Å². The number of anilines is 1. The van der Waals surface area contributed by atoms with Gasteiger partial charge in [-0.05, 0) is 6.92 Å². The third kappa shape index (κ3) is 4.20. The quantitative estimate of drug-likeness (QED) is 0.784. The van der Waals surface area contributed by atoms with Crippen molar-refractivity contribution in [3.05, 3.63) is 11.9 Å². The second kappa shape index (κ2) is 4.52. The number of nitrogens with two attached hydrogens (primary N) is 1. The average Bonchev–Trinajstić information content (AvgIpc) is 2.39. The predicted molar refractivity (Wildman–Crippen MR) is 48.3 cm³/mol. The van der Waals surface area contributed by atoms with Gasteiger partial charge in [-0.3, -0.25) is 4.68 Å². The second-order valence-corrected chi connectivity index (χ2v) is 3.10. The summed E-state index contributed by atoms with van der Waals surface area (Å²) in [6.45, 7) is 0.708. The average molecular weight is 223 g/mol. The molecule has 7 heteroatoms. The zero-order valence-electron chi connectivity index (χ0n) is 8.21. The molecule has 1 aromatic rings. The largest absolute Gasteiger partial charge is 0.411 e. The van der Waals surface area contributed by atoms with Gasteiger partial charge in [0.1, 0.15) is 6.61 Å². The molecule has 0 spiro atoms. The maximum absolute atomic E-state index is 11.7. The molecule has 1 rings (SSSR count). The molecule has 0 aliphatic rings. The summed E-state index contributed by atoms with van der Waals surface area (Å²) in [4.78, 5) is 0. The van der Waals surface area contributed by atoms with Crippen LogP contribution in [0.5, 0.6) is 0 Å². The highest BCUT2D eigenvalue weighted by atomic mass is 19.4. The molecule has 4 nitrogen and oxygen atoms in total. The van der Waals surface area contributed by atoms with Crippen molar-refractivity contribution in [1.29, 1.82) is 0 Å². The number of alkyl halides is 3. The minimum atomic E-state index is -4.28. The lowest BCUT2D eigenvalue weighted by molar-refractivity contribution is -0.174. The number of halogens is 3. The van der Waals surface area contributed by atoms with E-state index in [-0.39, 0.29) is 13.2 Å². The first-order valence-electron chi connectivity index (χ1n) is 4.32. The summed E-state index contributed by atoms with van der Waals surface area (Å²) in [6, 6.07) is 0. The van der Waals surface area contributed by atoms with E-state index in [2.05, 4.69) is 9.84 Å². The molecular weight excluding hydrogens is 211 g/mol. The summed E-state index contributed by atoms with van der Waals surface area (Å²) in [5.74, 6) is 0. The van der Waals surface area contributed by atoms with Gasteiger partial charge in [-0.15, -0.1) is 0 Å². The fourth-order valence-electron chi connectivity index (χ4n) is 0.994. The highest BCUT2D eigenvalue weighted by Gasteiger charge is 2.27. The predicted octanol–water partition coefficient (Wildman–Crippen LogP) is 1.35. The van der Waals surface area contributed by atoms with E-state index in [0.29, 0.717) is 11.4 Å². The topological polar surface area (TPSA) is 53.1 Å². The molecule has 1 heterocycles. The molecule has 0 aromatic carbocycles. The molecule has 2 N–H and O–H groups in total. The van der Waals surface area contributed by atoms with Crippen LogP contribution in [0.1, 0.15) is 5.69 Å². The Morgan fingerprint density at radius 3 is 2.67 bits per heavy atom. The lowest BCUT2D eigenvalue weighted by Gasteiger charge is -2.07. The lowest BCUT2D eigenvalue weighted by atomic mass is 10.4. The van der Waals surface area contributed by atoms with Crippen LogP contribution in [-0.2, 0) is 11.3 Å². The van der Waals surface area contributed by atoms with Crippen LogP contribution >= 0.6 is 0 Å². The Balaban J connectivity index is 2.26. The molecular formula is C8H12F3N3O. The van der Waals surface area contributed by atoms with E-state index >= 15 is 0 Å². The first-order chi connectivity index (χ1) is 6.88. The molecule has 0 fully saturated rings. The number of hydrogen-bond acceptors (Lipinski definition) is 3. The molecule has 0 bridgehead atoms. The third-order valence-corrected chi connectivity index (χ3v) is 1.71. The fourth-order valence-corrected chi connectivity index (χ4v) is 0.994. The number of nitrogen functional groups attached to an aromatic ring is 1. The van der Waals surface area contributed by atoms with Crippen molar-refractivity contribution in [2.75, 3.05) is 18.9 Å². The number of aromatic nitrogens is 2. The van der Waals surface area contributed by atoms with Crippen LogP contribution in [0.15, 0.2) is 6.20 Å². The monoisotopic (exact) mass is 223 g/mol. The maximum atomic E-state index is 11.7. The third-order valence-electron chi connectivity index (χ3n) is 1.71. The Labute approximate surface area is 84.8 Å². The van der Waals surface area contributed by atoms with Gasteiger partial charge in [-0.1, -0.05) is 0 Å². The zero-order valence-corrected chi connectivity index (χ0v) is 8.21. The molecule has 1 aromatic heterocycles. The summed E-state index contributed by atoms with van der Waals surface area (Å²) in [6.07, 6.45) is -2.72. The number of ether oxygens (including phenoxy) is 1.